The Morgan fingerprint density at radius 1 is 0.690 bits per heavy atom. The van der Waals surface area contributed by atoms with Crippen LogP contribution >= 0.6 is 7.26 Å². The summed E-state index contributed by atoms with van der Waals surface area (Å²) in [6, 6.07) is 37.2. The average molecular weight is 726 g/mol. The third kappa shape index (κ3) is 8.98. The first kappa shape index (κ1) is 35.2. The summed E-state index contributed by atoms with van der Waals surface area (Å²) in [4.78, 5) is 4.38. The molecule has 3 aromatic carbocycles. The number of amidine groups is 2. The molecule has 0 saturated carbocycles. The van der Waals surface area contributed by atoms with E-state index in [4.69, 9.17) is 25.3 Å². The third-order valence-corrected chi connectivity index (χ3v) is 10.7. The second-order valence-corrected chi connectivity index (χ2v) is 12.8. The maximum Gasteiger partial charge on any atom is 2.00 e. The van der Waals surface area contributed by atoms with Crippen molar-refractivity contribution in [1.82, 2.24) is 15.6 Å². The van der Waals surface area contributed by atoms with Gasteiger partial charge in [0, 0.05) is 18.4 Å². The first-order chi connectivity index (χ1) is 19.5. The molecule has 0 atom stereocenters. The van der Waals surface area contributed by atoms with Gasteiger partial charge in [0.05, 0.1) is 11.4 Å². The summed E-state index contributed by atoms with van der Waals surface area (Å²) in [6.07, 6.45) is 2.26. The molecule has 219 valence electrons. The summed E-state index contributed by atoms with van der Waals surface area (Å²) in [5.41, 5.74) is 1.55. The van der Waals surface area contributed by atoms with E-state index < -0.39 is 7.26 Å². The SMILES string of the molecule is CNC([S-])=NN=C(C(C)=NN=C([S-])NC[P+](c1ccccc1)(c1ccccc1)c1ccccc1)c1ccccn1.[Br-].[Cu+2]. The fourth-order valence-corrected chi connectivity index (χ4v) is 8.25. The number of aromatic nitrogens is 1. The fourth-order valence-electron chi connectivity index (χ4n) is 4.12. The molecular formula is C30H29BrCuN7PS2. The van der Waals surface area contributed by atoms with Gasteiger partial charge in [-0.2, -0.15) is 15.3 Å². The van der Waals surface area contributed by atoms with Crippen molar-refractivity contribution in [2.45, 2.75) is 6.92 Å². The summed E-state index contributed by atoms with van der Waals surface area (Å²) in [5.74, 6) is 0. The summed E-state index contributed by atoms with van der Waals surface area (Å²) in [6.45, 7) is 1.78. The standard InChI is InChI=1S/C30H30N7PS2.BrH.Cu/c1-23(28(35-36-29(39)31-2)27-20-12-13-21-32-27)34-37-30(40)33-22-38(24-14-6-3-7-15-24,25-16-8-4-9-17-25)26-18-10-5-11-19-26;;/h3-21H,22H2,1-2H3,(H3-,31,32,33,34,35,36,37,39,40);1H;/q;;+2/p-2. The van der Waals surface area contributed by atoms with E-state index in [1.54, 1.807) is 20.2 Å². The first-order valence-corrected chi connectivity index (χ1v) is 15.3. The van der Waals surface area contributed by atoms with Gasteiger partial charge in [0.25, 0.3) is 0 Å². The van der Waals surface area contributed by atoms with Crippen LogP contribution in [-0.2, 0) is 42.3 Å². The van der Waals surface area contributed by atoms with Crippen molar-refractivity contribution in [3.8, 4) is 0 Å². The Bertz CT molecular complexity index is 1410. The molecule has 1 radical (unpaired) electrons. The molecule has 0 saturated heterocycles. The maximum atomic E-state index is 5.64. The summed E-state index contributed by atoms with van der Waals surface area (Å²) < 4.78 is 0. The quantitative estimate of drug-likeness (QED) is 0.0665. The molecule has 0 unspecified atom stereocenters. The van der Waals surface area contributed by atoms with Gasteiger partial charge in [-0.3, -0.25) is 4.98 Å². The van der Waals surface area contributed by atoms with Crippen molar-refractivity contribution in [2.75, 3.05) is 13.3 Å². The molecule has 2 N–H and O–H groups in total. The van der Waals surface area contributed by atoms with E-state index in [9.17, 15) is 0 Å². The summed E-state index contributed by atoms with van der Waals surface area (Å²) in [5, 5.41) is 27.5. The Morgan fingerprint density at radius 2 is 1.17 bits per heavy atom. The van der Waals surface area contributed by atoms with Gasteiger partial charge in [-0.25, -0.2) is 0 Å². The minimum Gasteiger partial charge on any atom is -1.00 e. The third-order valence-electron chi connectivity index (χ3n) is 6.05. The Kier molecular flexibility index (Phi) is 14.9. The van der Waals surface area contributed by atoms with Crippen LogP contribution in [0.25, 0.3) is 0 Å². The zero-order valence-corrected chi connectivity index (χ0v) is 27.9. The number of halogens is 1. The van der Waals surface area contributed by atoms with Crippen molar-refractivity contribution < 1.29 is 34.1 Å². The number of nitrogens with one attached hydrogen (secondary N) is 2. The van der Waals surface area contributed by atoms with Gasteiger partial charge in [0.15, 0.2) is 0 Å². The minimum absolute atomic E-state index is 0. The zero-order valence-electron chi connectivity index (χ0n) is 22.9. The minimum atomic E-state index is -2.12. The molecule has 42 heavy (non-hydrogen) atoms. The molecule has 7 nitrogen and oxygen atoms in total. The van der Waals surface area contributed by atoms with Gasteiger partial charge in [-0.15, -0.1) is 5.10 Å². The van der Waals surface area contributed by atoms with Crippen molar-refractivity contribution in [3.05, 3.63) is 121 Å². The zero-order chi connectivity index (χ0) is 28.2. The van der Waals surface area contributed by atoms with Crippen LogP contribution < -0.4 is 43.5 Å². The molecule has 4 aromatic rings. The van der Waals surface area contributed by atoms with E-state index in [0.29, 0.717) is 23.4 Å². The Labute approximate surface area is 280 Å². The number of benzene rings is 3. The van der Waals surface area contributed by atoms with Gasteiger partial charge in [0.2, 0.25) is 0 Å². The topological polar surface area (TPSA) is 86.4 Å². The first-order valence-electron chi connectivity index (χ1n) is 12.5. The van der Waals surface area contributed by atoms with E-state index >= 15 is 0 Å². The van der Waals surface area contributed by atoms with Crippen molar-refractivity contribution in [1.29, 1.82) is 0 Å². The van der Waals surface area contributed by atoms with Crippen LogP contribution in [0.3, 0.4) is 0 Å². The van der Waals surface area contributed by atoms with Gasteiger partial charge in [0.1, 0.15) is 35.2 Å². The monoisotopic (exact) mass is 724 g/mol. The van der Waals surface area contributed by atoms with Gasteiger partial charge >= 0.3 is 17.1 Å². The Hall–Kier alpha value is -3.04. The fraction of sp³-hybridized carbons (Fsp3) is 0.100. The molecule has 1 heterocycles. The molecule has 4 rings (SSSR count). The van der Waals surface area contributed by atoms with Gasteiger partial charge < -0.3 is 52.9 Å². The molecule has 12 heteroatoms. The van der Waals surface area contributed by atoms with E-state index in [0.717, 1.165) is 0 Å². The maximum absolute atomic E-state index is 5.64. The summed E-state index contributed by atoms with van der Waals surface area (Å²) in [7, 11) is -0.438. The normalized spacial score (nSPS) is 12.5. The van der Waals surface area contributed by atoms with E-state index in [1.807, 2.05) is 36.4 Å². The molecule has 0 spiro atoms. The number of hydrogen-bond donors (Lipinski definition) is 2. The number of nitrogens with zero attached hydrogens (tertiary/aromatic N) is 5. The molecule has 0 amide bonds. The predicted octanol–water partition coefficient (Wildman–Crippen LogP) is 0.730. The number of rotatable bonds is 9. The summed E-state index contributed by atoms with van der Waals surface area (Å²) >= 11 is 10.8. The number of hydrogen-bond acceptors (Lipinski definition) is 7. The molecule has 0 bridgehead atoms. The van der Waals surface area contributed by atoms with E-state index in [-0.39, 0.29) is 44.4 Å². The molecule has 0 aliphatic carbocycles. The van der Waals surface area contributed by atoms with E-state index in [2.05, 4.69) is 109 Å². The van der Waals surface area contributed by atoms with Crippen LogP contribution in [0.15, 0.2) is 136 Å². The average Bonchev–Trinajstić information content (AvgIpc) is 3.02. The van der Waals surface area contributed by atoms with Crippen LogP contribution in [0.1, 0.15) is 12.6 Å². The molecule has 0 aliphatic rings. The Morgan fingerprint density at radius 3 is 1.62 bits per heavy atom. The van der Waals surface area contributed by atoms with Crippen LogP contribution in [-0.4, -0.2) is 40.1 Å². The van der Waals surface area contributed by atoms with Crippen LogP contribution in [0.2, 0.25) is 0 Å². The molecular weight excluding hydrogens is 697 g/mol. The Balaban J connectivity index is 0.00000308. The van der Waals surface area contributed by atoms with Crippen LogP contribution in [0.5, 0.6) is 0 Å². The van der Waals surface area contributed by atoms with Crippen LogP contribution in [0.4, 0.5) is 0 Å². The molecule has 1 aromatic heterocycles. The largest absolute Gasteiger partial charge is 2.00 e. The van der Waals surface area contributed by atoms with Gasteiger partial charge in [-0.1, -0.05) is 60.7 Å². The smallest absolute Gasteiger partial charge is 1.00 e. The second kappa shape index (κ2) is 17.8. The molecule has 0 aliphatic heterocycles. The van der Waals surface area contributed by atoms with Gasteiger partial charge in [-0.05, 0) is 60.6 Å². The van der Waals surface area contributed by atoms with Crippen molar-refractivity contribution in [2.24, 2.45) is 20.4 Å². The number of pyridine rings is 1. The van der Waals surface area contributed by atoms with Crippen LogP contribution in [0, 0.1) is 0 Å². The van der Waals surface area contributed by atoms with Crippen molar-refractivity contribution >= 4 is 70.2 Å². The van der Waals surface area contributed by atoms with E-state index in [1.165, 1.54) is 15.9 Å². The predicted molar refractivity (Wildman–Crippen MR) is 176 cm³/mol. The van der Waals surface area contributed by atoms with Crippen molar-refractivity contribution in [3.63, 3.8) is 0 Å². The second-order valence-electron chi connectivity index (χ2n) is 8.56. The molecule has 0 fully saturated rings.